The summed E-state index contributed by atoms with van der Waals surface area (Å²) in [6.45, 7) is 6.75. The Morgan fingerprint density at radius 1 is 1.21 bits per heavy atom. The highest BCUT2D eigenvalue weighted by molar-refractivity contribution is 5.82. The zero-order valence-electron chi connectivity index (χ0n) is 11.4. The highest BCUT2D eigenvalue weighted by atomic mass is 16.3. The molecule has 0 aliphatic rings. The van der Waals surface area contributed by atoms with Gasteiger partial charge in [-0.15, -0.1) is 0 Å². The molecule has 0 unspecified atom stereocenters. The number of furan rings is 1. The highest BCUT2D eigenvalue weighted by Gasteiger charge is 2.12. The standard InChI is InChI=1S/C15H17N3O/c1-9-15(10(2)18-17-9)16-8-13-11(3)19-14-7-5-4-6-12(13)14/h4-7,16H,8H2,1-3H3,(H,17,18). The minimum absolute atomic E-state index is 0.740. The van der Waals surface area contributed by atoms with Crippen LogP contribution in [0.15, 0.2) is 28.7 Å². The lowest BCUT2D eigenvalue weighted by atomic mass is 10.1. The topological polar surface area (TPSA) is 53.9 Å². The third kappa shape index (κ3) is 1.99. The smallest absolute Gasteiger partial charge is 0.134 e. The molecule has 0 fully saturated rings. The number of aryl methyl sites for hydroxylation is 3. The summed E-state index contributed by atoms with van der Waals surface area (Å²) >= 11 is 0. The first kappa shape index (κ1) is 11.8. The third-order valence-corrected chi connectivity index (χ3v) is 3.47. The fourth-order valence-electron chi connectivity index (χ4n) is 2.43. The second kappa shape index (κ2) is 4.46. The summed E-state index contributed by atoms with van der Waals surface area (Å²) in [4.78, 5) is 0. The van der Waals surface area contributed by atoms with Gasteiger partial charge >= 0.3 is 0 Å². The van der Waals surface area contributed by atoms with Crippen molar-refractivity contribution in [2.75, 3.05) is 5.32 Å². The molecule has 0 bridgehead atoms. The number of aromatic nitrogens is 2. The summed E-state index contributed by atoms with van der Waals surface area (Å²) in [5, 5.41) is 11.8. The molecule has 0 atom stereocenters. The molecule has 0 spiro atoms. The quantitative estimate of drug-likeness (QED) is 0.750. The second-order valence-corrected chi connectivity index (χ2v) is 4.80. The molecule has 0 aliphatic carbocycles. The number of rotatable bonds is 3. The maximum absolute atomic E-state index is 5.77. The number of anilines is 1. The SMILES string of the molecule is Cc1n[nH]c(C)c1NCc1c(C)oc2ccccc12. The van der Waals surface area contributed by atoms with Crippen LogP contribution in [-0.4, -0.2) is 10.2 Å². The van der Waals surface area contributed by atoms with Crippen molar-refractivity contribution in [2.45, 2.75) is 27.3 Å². The molecular formula is C15H17N3O. The highest BCUT2D eigenvalue weighted by Crippen LogP contribution is 2.26. The van der Waals surface area contributed by atoms with Crippen molar-refractivity contribution in [1.29, 1.82) is 0 Å². The van der Waals surface area contributed by atoms with Gasteiger partial charge in [0.2, 0.25) is 0 Å². The maximum Gasteiger partial charge on any atom is 0.134 e. The average molecular weight is 255 g/mol. The molecule has 3 aromatic rings. The van der Waals surface area contributed by atoms with Gasteiger partial charge in [0, 0.05) is 17.5 Å². The van der Waals surface area contributed by atoms with Gasteiger partial charge in [0.25, 0.3) is 0 Å². The van der Waals surface area contributed by atoms with E-state index in [0.29, 0.717) is 0 Å². The molecule has 2 heterocycles. The van der Waals surface area contributed by atoms with E-state index in [2.05, 4.69) is 21.6 Å². The predicted octanol–water partition coefficient (Wildman–Crippen LogP) is 3.69. The molecule has 4 nitrogen and oxygen atoms in total. The third-order valence-electron chi connectivity index (χ3n) is 3.47. The molecule has 0 radical (unpaired) electrons. The second-order valence-electron chi connectivity index (χ2n) is 4.80. The van der Waals surface area contributed by atoms with E-state index in [1.165, 1.54) is 10.9 Å². The number of hydrogen-bond donors (Lipinski definition) is 2. The van der Waals surface area contributed by atoms with Crippen LogP contribution in [0.1, 0.15) is 22.7 Å². The summed E-state index contributed by atoms with van der Waals surface area (Å²) in [5.41, 5.74) is 5.27. The van der Waals surface area contributed by atoms with Crippen LogP contribution in [-0.2, 0) is 6.54 Å². The number of nitrogens with zero attached hydrogens (tertiary/aromatic N) is 1. The van der Waals surface area contributed by atoms with E-state index < -0.39 is 0 Å². The Hall–Kier alpha value is -2.23. The van der Waals surface area contributed by atoms with E-state index in [4.69, 9.17) is 4.42 Å². The van der Waals surface area contributed by atoms with E-state index >= 15 is 0 Å². The molecule has 98 valence electrons. The minimum Gasteiger partial charge on any atom is -0.461 e. The molecule has 3 rings (SSSR count). The average Bonchev–Trinajstić information content (AvgIpc) is 2.88. The van der Waals surface area contributed by atoms with Crippen molar-refractivity contribution < 1.29 is 4.42 Å². The van der Waals surface area contributed by atoms with Crippen LogP contribution >= 0.6 is 0 Å². The number of benzene rings is 1. The van der Waals surface area contributed by atoms with Gasteiger partial charge in [0.15, 0.2) is 0 Å². The van der Waals surface area contributed by atoms with Crippen LogP contribution in [0, 0.1) is 20.8 Å². The van der Waals surface area contributed by atoms with Gasteiger partial charge in [-0.3, -0.25) is 5.10 Å². The van der Waals surface area contributed by atoms with Gasteiger partial charge < -0.3 is 9.73 Å². The molecule has 19 heavy (non-hydrogen) atoms. The first-order valence-corrected chi connectivity index (χ1v) is 6.39. The Balaban J connectivity index is 1.92. The summed E-state index contributed by atoms with van der Waals surface area (Å²) in [6, 6.07) is 8.13. The lowest BCUT2D eigenvalue weighted by molar-refractivity contribution is 0.573. The van der Waals surface area contributed by atoms with E-state index in [9.17, 15) is 0 Å². The Labute approximate surface area is 111 Å². The van der Waals surface area contributed by atoms with Gasteiger partial charge in [-0.05, 0) is 26.8 Å². The molecule has 0 aliphatic heterocycles. The zero-order chi connectivity index (χ0) is 13.4. The summed E-state index contributed by atoms with van der Waals surface area (Å²) < 4.78 is 5.77. The number of hydrogen-bond acceptors (Lipinski definition) is 3. The maximum atomic E-state index is 5.77. The zero-order valence-corrected chi connectivity index (χ0v) is 11.4. The minimum atomic E-state index is 0.740. The van der Waals surface area contributed by atoms with E-state index in [1.807, 2.05) is 39.0 Å². The molecule has 1 aromatic carbocycles. The number of nitrogens with one attached hydrogen (secondary N) is 2. The van der Waals surface area contributed by atoms with Crippen molar-refractivity contribution in [3.63, 3.8) is 0 Å². The number of aromatic amines is 1. The monoisotopic (exact) mass is 255 g/mol. The molecule has 0 saturated heterocycles. The van der Waals surface area contributed by atoms with Crippen molar-refractivity contribution in [2.24, 2.45) is 0 Å². The lowest BCUT2D eigenvalue weighted by Crippen LogP contribution is -2.01. The Morgan fingerprint density at radius 2 is 2.00 bits per heavy atom. The number of para-hydroxylation sites is 1. The molecule has 0 saturated carbocycles. The molecule has 2 aromatic heterocycles. The Kier molecular flexibility index (Phi) is 2.78. The van der Waals surface area contributed by atoms with Crippen LogP contribution in [0.4, 0.5) is 5.69 Å². The number of fused-ring (bicyclic) bond motifs is 1. The van der Waals surface area contributed by atoms with Crippen molar-refractivity contribution >= 4 is 16.7 Å². The fourth-order valence-corrected chi connectivity index (χ4v) is 2.43. The summed E-state index contributed by atoms with van der Waals surface area (Å²) in [6.07, 6.45) is 0. The predicted molar refractivity (Wildman–Crippen MR) is 76.3 cm³/mol. The summed E-state index contributed by atoms with van der Waals surface area (Å²) in [7, 11) is 0. The largest absolute Gasteiger partial charge is 0.461 e. The van der Waals surface area contributed by atoms with Crippen molar-refractivity contribution in [3.8, 4) is 0 Å². The van der Waals surface area contributed by atoms with E-state index in [-0.39, 0.29) is 0 Å². The Bertz CT molecular complexity index is 705. The van der Waals surface area contributed by atoms with Gasteiger partial charge in [-0.1, -0.05) is 18.2 Å². The van der Waals surface area contributed by atoms with Gasteiger partial charge in [0.05, 0.1) is 17.1 Å². The lowest BCUT2D eigenvalue weighted by Gasteiger charge is -2.06. The van der Waals surface area contributed by atoms with E-state index in [1.54, 1.807) is 0 Å². The first-order valence-electron chi connectivity index (χ1n) is 6.39. The molecule has 0 amide bonds. The van der Waals surface area contributed by atoms with Crippen LogP contribution < -0.4 is 5.32 Å². The van der Waals surface area contributed by atoms with Crippen molar-refractivity contribution in [3.05, 3.63) is 47.0 Å². The van der Waals surface area contributed by atoms with Crippen LogP contribution in [0.25, 0.3) is 11.0 Å². The van der Waals surface area contributed by atoms with Gasteiger partial charge in [-0.2, -0.15) is 5.10 Å². The summed E-state index contributed by atoms with van der Waals surface area (Å²) in [5.74, 6) is 0.965. The Morgan fingerprint density at radius 3 is 2.74 bits per heavy atom. The van der Waals surface area contributed by atoms with Crippen LogP contribution in [0.3, 0.4) is 0 Å². The molecular weight excluding hydrogens is 238 g/mol. The van der Waals surface area contributed by atoms with Gasteiger partial charge in [0.1, 0.15) is 11.3 Å². The number of H-pyrrole nitrogens is 1. The van der Waals surface area contributed by atoms with Crippen LogP contribution in [0.2, 0.25) is 0 Å². The first-order chi connectivity index (χ1) is 9.16. The molecule has 4 heteroatoms. The van der Waals surface area contributed by atoms with Gasteiger partial charge in [-0.25, -0.2) is 0 Å². The van der Waals surface area contributed by atoms with E-state index in [0.717, 1.165) is 35.0 Å². The fraction of sp³-hybridized carbons (Fsp3) is 0.267. The molecule has 2 N–H and O–H groups in total. The van der Waals surface area contributed by atoms with Crippen molar-refractivity contribution in [1.82, 2.24) is 10.2 Å². The van der Waals surface area contributed by atoms with Crippen LogP contribution in [0.5, 0.6) is 0 Å². The normalized spacial score (nSPS) is 11.1.